The van der Waals surface area contributed by atoms with E-state index in [-0.39, 0.29) is 11.6 Å². The van der Waals surface area contributed by atoms with Crippen molar-refractivity contribution in [1.82, 2.24) is 10.3 Å². The Morgan fingerprint density at radius 2 is 1.65 bits per heavy atom. The first-order valence-corrected chi connectivity index (χ1v) is 16.9. The van der Waals surface area contributed by atoms with E-state index in [1.54, 1.807) is 61.7 Å². The zero-order valence-electron chi connectivity index (χ0n) is 26.6. The number of hydrogen-bond acceptors (Lipinski definition) is 8. The first-order valence-electron chi connectivity index (χ1n) is 15.1. The molecule has 3 amide bonds. The van der Waals surface area contributed by atoms with Crippen LogP contribution < -0.4 is 25.4 Å². The van der Waals surface area contributed by atoms with Crippen molar-refractivity contribution in [3.63, 3.8) is 0 Å². The molecule has 11 heteroatoms. The maximum absolute atomic E-state index is 13.4. The lowest BCUT2D eigenvalue weighted by Gasteiger charge is -2.13. The van der Waals surface area contributed by atoms with E-state index in [4.69, 9.17) is 9.47 Å². The van der Waals surface area contributed by atoms with Gasteiger partial charge in [-0.2, -0.15) is 0 Å². The summed E-state index contributed by atoms with van der Waals surface area (Å²) < 4.78 is 10.8. The van der Waals surface area contributed by atoms with Crippen molar-refractivity contribution in [2.45, 2.75) is 24.0 Å². The quantitative estimate of drug-likeness (QED) is 0.0861. The minimum absolute atomic E-state index is 0.0773. The number of carbonyl (C=O) groups is 3. The summed E-state index contributed by atoms with van der Waals surface area (Å²) in [6.45, 7) is 4.26. The Morgan fingerprint density at radius 1 is 0.896 bits per heavy atom. The van der Waals surface area contributed by atoms with Crippen molar-refractivity contribution in [1.29, 1.82) is 0 Å². The standard InChI is InChI=1S/C37H34N4O5S2/c1-4-46-29-17-13-25(14-18-29)21-32(39-35(43)26-9-6-5-7-10-26)36(44)38-28-15-19-31(20-16-28)48-24(2)34(42)41-37-40-33(23-47-37)27-11-8-12-30(22-27)45-3/h5-24H,4H2,1-3H3,(H,38,44)(H,39,43)(H,40,41,42)/b32-21-. The summed E-state index contributed by atoms with van der Waals surface area (Å²) >= 11 is 2.74. The summed E-state index contributed by atoms with van der Waals surface area (Å²) in [6.07, 6.45) is 1.61. The van der Waals surface area contributed by atoms with Crippen LogP contribution in [-0.2, 0) is 9.59 Å². The van der Waals surface area contributed by atoms with E-state index in [0.717, 1.165) is 21.9 Å². The second-order valence-corrected chi connectivity index (χ2v) is 12.7. The van der Waals surface area contributed by atoms with Gasteiger partial charge in [-0.1, -0.05) is 42.5 Å². The zero-order valence-corrected chi connectivity index (χ0v) is 28.2. The number of ether oxygens (including phenoxy) is 2. The number of thioether (sulfide) groups is 1. The second kappa shape index (κ2) is 16.4. The third kappa shape index (κ3) is 9.34. The van der Waals surface area contributed by atoms with Crippen molar-refractivity contribution >= 4 is 57.7 Å². The number of amides is 3. The van der Waals surface area contributed by atoms with Gasteiger partial charge in [0.2, 0.25) is 5.91 Å². The highest BCUT2D eigenvalue weighted by Gasteiger charge is 2.18. The monoisotopic (exact) mass is 678 g/mol. The molecule has 1 unspecified atom stereocenters. The number of rotatable bonds is 13. The SMILES string of the molecule is CCOc1ccc(/C=C(\NC(=O)c2ccccc2)C(=O)Nc2ccc(SC(C)C(=O)Nc3nc(-c4cccc(OC)c4)cs3)cc2)cc1. The van der Waals surface area contributed by atoms with Crippen LogP contribution in [0, 0.1) is 0 Å². The lowest BCUT2D eigenvalue weighted by molar-refractivity contribution is -0.115. The molecule has 0 saturated carbocycles. The molecule has 0 radical (unpaired) electrons. The van der Waals surface area contributed by atoms with Crippen LogP contribution >= 0.6 is 23.1 Å². The number of aromatic nitrogens is 1. The Labute approximate surface area is 287 Å². The molecule has 3 N–H and O–H groups in total. The molecule has 0 spiro atoms. The minimum atomic E-state index is -0.488. The first-order chi connectivity index (χ1) is 23.3. The van der Waals surface area contributed by atoms with Crippen LogP contribution in [0.1, 0.15) is 29.8 Å². The molecule has 0 aliphatic heterocycles. The Bertz CT molecular complexity index is 1890. The fourth-order valence-electron chi connectivity index (χ4n) is 4.46. The molecule has 5 aromatic rings. The minimum Gasteiger partial charge on any atom is -0.497 e. The van der Waals surface area contributed by atoms with E-state index >= 15 is 0 Å². The van der Waals surface area contributed by atoms with Gasteiger partial charge in [0.05, 0.1) is 24.7 Å². The van der Waals surface area contributed by atoms with Gasteiger partial charge in [0.15, 0.2) is 5.13 Å². The highest BCUT2D eigenvalue weighted by Crippen LogP contribution is 2.29. The van der Waals surface area contributed by atoms with Gasteiger partial charge in [-0.25, -0.2) is 4.98 Å². The number of carbonyl (C=O) groups excluding carboxylic acids is 3. The van der Waals surface area contributed by atoms with Gasteiger partial charge in [-0.15, -0.1) is 23.1 Å². The van der Waals surface area contributed by atoms with Crippen molar-refractivity contribution in [3.05, 3.63) is 125 Å². The van der Waals surface area contributed by atoms with E-state index in [2.05, 4.69) is 20.9 Å². The maximum Gasteiger partial charge on any atom is 0.272 e. The average Bonchev–Trinajstić information content (AvgIpc) is 3.58. The summed E-state index contributed by atoms with van der Waals surface area (Å²) in [5.74, 6) is 0.370. The molecule has 4 aromatic carbocycles. The molecular weight excluding hydrogens is 645 g/mol. The lowest BCUT2D eigenvalue weighted by Crippen LogP contribution is -2.30. The predicted molar refractivity (Wildman–Crippen MR) is 193 cm³/mol. The van der Waals surface area contributed by atoms with Crippen molar-refractivity contribution < 1.29 is 23.9 Å². The van der Waals surface area contributed by atoms with Crippen LogP contribution in [-0.4, -0.2) is 41.7 Å². The van der Waals surface area contributed by atoms with E-state index in [1.165, 1.54) is 23.1 Å². The molecule has 48 heavy (non-hydrogen) atoms. The highest BCUT2D eigenvalue weighted by atomic mass is 32.2. The van der Waals surface area contributed by atoms with Crippen LogP contribution in [0.5, 0.6) is 11.5 Å². The van der Waals surface area contributed by atoms with Gasteiger partial charge in [-0.05, 0) is 86.2 Å². The molecule has 1 atom stereocenters. The van der Waals surface area contributed by atoms with E-state index < -0.39 is 17.1 Å². The predicted octanol–water partition coefficient (Wildman–Crippen LogP) is 7.75. The van der Waals surface area contributed by atoms with Crippen molar-refractivity contribution in [3.8, 4) is 22.8 Å². The summed E-state index contributed by atoms with van der Waals surface area (Å²) in [7, 11) is 1.61. The largest absolute Gasteiger partial charge is 0.497 e. The summed E-state index contributed by atoms with van der Waals surface area (Å²) in [6, 6.07) is 30.7. The molecular formula is C37H34N4O5S2. The van der Waals surface area contributed by atoms with Crippen LogP contribution in [0.3, 0.4) is 0 Å². The van der Waals surface area contributed by atoms with E-state index in [0.29, 0.717) is 34.3 Å². The second-order valence-electron chi connectivity index (χ2n) is 10.4. The molecule has 0 bridgehead atoms. The number of anilines is 2. The zero-order chi connectivity index (χ0) is 33.9. The fourth-order valence-corrected chi connectivity index (χ4v) is 6.05. The number of nitrogens with one attached hydrogen (secondary N) is 3. The molecule has 0 fully saturated rings. The number of hydrogen-bond donors (Lipinski definition) is 3. The Morgan fingerprint density at radius 3 is 2.35 bits per heavy atom. The number of nitrogens with zero attached hydrogens (tertiary/aromatic N) is 1. The van der Waals surface area contributed by atoms with Gasteiger partial charge in [0.25, 0.3) is 11.8 Å². The molecule has 0 aliphatic rings. The van der Waals surface area contributed by atoms with E-state index in [1.807, 2.05) is 73.8 Å². The lowest BCUT2D eigenvalue weighted by atomic mass is 10.1. The Hall–Kier alpha value is -5.39. The van der Waals surface area contributed by atoms with Crippen LogP contribution in [0.25, 0.3) is 17.3 Å². The van der Waals surface area contributed by atoms with Gasteiger partial charge in [0.1, 0.15) is 17.2 Å². The molecule has 9 nitrogen and oxygen atoms in total. The summed E-state index contributed by atoms with van der Waals surface area (Å²) in [5.41, 5.74) is 3.40. The molecule has 1 aromatic heterocycles. The average molecular weight is 679 g/mol. The molecule has 1 heterocycles. The maximum atomic E-state index is 13.4. The summed E-state index contributed by atoms with van der Waals surface area (Å²) in [5, 5.41) is 10.5. The summed E-state index contributed by atoms with van der Waals surface area (Å²) in [4.78, 5) is 44.7. The third-order valence-corrected chi connectivity index (χ3v) is 8.79. The van der Waals surface area contributed by atoms with Crippen LogP contribution in [0.4, 0.5) is 10.8 Å². The topological polar surface area (TPSA) is 119 Å². The Balaban J connectivity index is 1.21. The molecule has 5 rings (SSSR count). The van der Waals surface area contributed by atoms with Gasteiger partial charge >= 0.3 is 0 Å². The van der Waals surface area contributed by atoms with Crippen LogP contribution in [0.15, 0.2) is 119 Å². The highest BCUT2D eigenvalue weighted by molar-refractivity contribution is 8.00. The number of methoxy groups -OCH3 is 1. The Kier molecular flexibility index (Phi) is 11.6. The number of benzene rings is 4. The van der Waals surface area contributed by atoms with Gasteiger partial charge in [0, 0.05) is 27.1 Å². The smallest absolute Gasteiger partial charge is 0.272 e. The normalized spacial score (nSPS) is 11.7. The van der Waals surface area contributed by atoms with Crippen molar-refractivity contribution in [2.24, 2.45) is 0 Å². The van der Waals surface area contributed by atoms with Crippen LogP contribution in [0.2, 0.25) is 0 Å². The first kappa shape index (κ1) is 34.0. The van der Waals surface area contributed by atoms with Gasteiger partial charge in [-0.3, -0.25) is 14.4 Å². The van der Waals surface area contributed by atoms with Crippen molar-refractivity contribution in [2.75, 3.05) is 24.4 Å². The third-order valence-electron chi connectivity index (χ3n) is 6.93. The van der Waals surface area contributed by atoms with E-state index in [9.17, 15) is 14.4 Å². The molecule has 244 valence electrons. The molecule has 0 saturated heterocycles. The molecule has 0 aliphatic carbocycles. The number of thiazole rings is 1. The van der Waals surface area contributed by atoms with Gasteiger partial charge < -0.3 is 25.4 Å². The fraction of sp³-hybridized carbons (Fsp3) is 0.135.